The summed E-state index contributed by atoms with van der Waals surface area (Å²) >= 11 is 0. The van der Waals surface area contributed by atoms with Crippen molar-refractivity contribution in [2.24, 2.45) is 5.41 Å². The third kappa shape index (κ3) is 4.77. The number of amides is 1. The molecular weight excluding hydrogens is 354 g/mol. The minimum absolute atomic E-state index is 0.0361. The monoisotopic (exact) mass is 383 g/mol. The number of anilines is 1. The second-order valence-corrected chi connectivity index (χ2v) is 8.38. The lowest BCUT2D eigenvalue weighted by molar-refractivity contribution is -0.122. The molecule has 3 rings (SSSR count). The molecule has 1 atom stereocenters. The second-order valence-electron chi connectivity index (χ2n) is 8.38. The van der Waals surface area contributed by atoms with Gasteiger partial charge < -0.3 is 19.1 Å². The van der Waals surface area contributed by atoms with E-state index in [-0.39, 0.29) is 11.3 Å². The van der Waals surface area contributed by atoms with Gasteiger partial charge in [0.25, 0.3) is 5.91 Å². The van der Waals surface area contributed by atoms with Crippen LogP contribution in [-0.4, -0.2) is 32.3 Å². The van der Waals surface area contributed by atoms with Crippen LogP contribution in [0.15, 0.2) is 42.5 Å². The van der Waals surface area contributed by atoms with E-state index in [1.54, 1.807) is 12.0 Å². The molecule has 2 aromatic carbocycles. The molecule has 0 aliphatic carbocycles. The number of nitrogens with zero attached hydrogens (tertiary/aromatic N) is 1. The first-order chi connectivity index (χ1) is 13.3. The van der Waals surface area contributed by atoms with Crippen molar-refractivity contribution in [2.45, 2.75) is 40.2 Å². The number of hydrogen-bond donors (Lipinski definition) is 0. The summed E-state index contributed by atoms with van der Waals surface area (Å²) in [5.74, 6) is 1.98. The summed E-state index contributed by atoms with van der Waals surface area (Å²) in [6.45, 7) is 9.56. The Morgan fingerprint density at radius 2 is 1.79 bits per heavy atom. The molecule has 1 saturated heterocycles. The molecule has 0 unspecified atom stereocenters. The topological polar surface area (TPSA) is 48.0 Å². The van der Waals surface area contributed by atoms with Crippen LogP contribution in [0.1, 0.15) is 32.8 Å². The number of rotatable bonds is 6. The first kappa shape index (κ1) is 20.1. The number of ether oxygens (including phenoxy) is 3. The molecule has 2 aromatic rings. The quantitative estimate of drug-likeness (QED) is 0.731. The Morgan fingerprint density at radius 3 is 2.43 bits per heavy atom. The van der Waals surface area contributed by atoms with E-state index < -0.39 is 6.10 Å². The van der Waals surface area contributed by atoms with Crippen molar-refractivity contribution in [1.82, 2.24) is 0 Å². The van der Waals surface area contributed by atoms with Crippen molar-refractivity contribution < 1.29 is 19.0 Å². The smallest absolute Gasteiger partial charge is 0.268 e. The van der Waals surface area contributed by atoms with Crippen LogP contribution in [0.5, 0.6) is 17.2 Å². The highest BCUT2D eigenvalue weighted by Gasteiger charge is 2.34. The van der Waals surface area contributed by atoms with Gasteiger partial charge in [0, 0.05) is 24.7 Å². The van der Waals surface area contributed by atoms with Gasteiger partial charge in [-0.2, -0.15) is 0 Å². The Balaban J connectivity index is 1.71. The van der Waals surface area contributed by atoms with Gasteiger partial charge in [0.05, 0.1) is 13.7 Å². The standard InChI is InChI=1S/C23H29NO4/c1-16-6-9-18(10-7-16)28-20-12-13-24(22(20)25)17-8-11-19(21(14-17)26-5)27-15-23(2,3)4/h6-11,14,20H,12-13,15H2,1-5H3/t20-/m1/s1. The summed E-state index contributed by atoms with van der Waals surface area (Å²) in [6, 6.07) is 13.4. The van der Waals surface area contributed by atoms with Crippen LogP contribution in [0.3, 0.4) is 0 Å². The first-order valence-electron chi connectivity index (χ1n) is 9.62. The van der Waals surface area contributed by atoms with E-state index >= 15 is 0 Å². The molecule has 28 heavy (non-hydrogen) atoms. The fourth-order valence-electron chi connectivity index (χ4n) is 3.04. The molecule has 0 saturated carbocycles. The van der Waals surface area contributed by atoms with Gasteiger partial charge in [0.1, 0.15) is 5.75 Å². The Morgan fingerprint density at radius 1 is 1.07 bits per heavy atom. The average molecular weight is 383 g/mol. The van der Waals surface area contributed by atoms with E-state index in [0.29, 0.717) is 36.8 Å². The predicted molar refractivity (Wildman–Crippen MR) is 111 cm³/mol. The number of hydrogen-bond acceptors (Lipinski definition) is 4. The van der Waals surface area contributed by atoms with Gasteiger partial charge in [-0.05, 0) is 36.6 Å². The molecule has 5 nitrogen and oxygen atoms in total. The lowest BCUT2D eigenvalue weighted by atomic mass is 9.99. The fourth-order valence-corrected chi connectivity index (χ4v) is 3.04. The van der Waals surface area contributed by atoms with Gasteiger partial charge >= 0.3 is 0 Å². The zero-order valence-electron chi connectivity index (χ0n) is 17.3. The highest BCUT2D eigenvalue weighted by atomic mass is 16.5. The third-order valence-electron chi connectivity index (χ3n) is 4.58. The summed E-state index contributed by atoms with van der Waals surface area (Å²) < 4.78 is 17.3. The minimum Gasteiger partial charge on any atom is -0.493 e. The normalized spacial score (nSPS) is 17.0. The molecule has 5 heteroatoms. The van der Waals surface area contributed by atoms with Gasteiger partial charge in [0.2, 0.25) is 0 Å². The van der Waals surface area contributed by atoms with Crippen LogP contribution >= 0.6 is 0 Å². The lowest BCUT2D eigenvalue weighted by Crippen LogP contribution is -2.32. The zero-order valence-corrected chi connectivity index (χ0v) is 17.3. The second kappa shape index (κ2) is 8.13. The number of benzene rings is 2. The minimum atomic E-state index is -0.467. The fraction of sp³-hybridized carbons (Fsp3) is 0.435. The van der Waals surface area contributed by atoms with Crippen LogP contribution in [0, 0.1) is 12.3 Å². The molecule has 1 amide bonds. The van der Waals surface area contributed by atoms with E-state index in [1.165, 1.54) is 0 Å². The molecule has 1 aliphatic heterocycles. The summed E-state index contributed by atoms with van der Waals surface area (Å²) in [5.41, 5.74) is 2.00. The Labute approximate surface area is 167 Å². The van der Waals surface area contributed by atoms with Gasteiger partial charge in [0.15, 0.2) is 17.6 Å². The van der Waals surface area contributed by atoms with Crippen LogP contribution in [0.4, 0.5) is 5.69 Å². The van der Waals surface area contributed by atoms with Crippen molar-refractivity contribution >= 4 is 11.6 Å². The SMILES string of the molecule is COc1cc(N2CC[C@@H](Oc3ccc(C)cc3)C2=O)ccc1OCC(C)(C)C. The number of carbonyl (C=O) groups excluding carboxylic acids is 1. The Hall–Kier alpha value is -2.69. The number of methoxy groups -OCH3 is 1. The molecule has 1 fully saturated rings. The molecule has 0 N–H and O–H groups in total. The van der Waals surface area contributed by atoms with Crippen molar-refractivity contribution in [3.05, 3.63) is 48.0 Å². The van der Waals surface area contributed by atoms with Crippen molar-refractivity contribution in [3.8, 4) is 17.2 Å². The molecular formula is C23H29NO4. The van der Waals surface area contributed by atoms with Crippen LogP contribution < -0.4 is 19.1 Å². The zero-order chi connectivity index (χ0) is 20.3. The Kier molecular flexibility index (Phi) is 5.82. The third-order valence-corrected chi connectivity index (χ3v) is 4.58. The van der Waals surface area contributed by atoms with Gasteiger partial charge in [-0.3, -0.25) is 4.79 Å². The molecule has 0 aromatic heterocycles. The maximum absolute atomic E-state index is 12.8. The first-order valence-corrected chi connectivity index (χ1v) is 9.62. The van der Waals surface area contributed by atoms with Crippen LogP contribution in [0.25, 0.3) is 0 Å². The lowest BCUT2D eigenvalue weighted by Gasteiger charge is -2.22. The van der Waals surface area contributed by atoms with E-state index in [9.17, 15) is 4.79 Å². The predicted octanol–water partition coefficient (Wildman–Crippen LogP) is 4.61. The van der Waals surface area contributed by atoms with E-state index in [0.717, 1.165) is 11.3 Å². The summed E-state index contributed by atoms with van der Waals surface area (Å²) in [6.07, 6.45) is 0.183. The average Bonchev–Trinajstić information content (AvgIpc) is 3.01. The summed E-state index contributed by atoms with van der Waals surface area (Å²) in [5, 5.41) is 0. The van der Waals surface area contributed by atoms with Gasteiger partial charge in [-0.25, -0.2) is 0 Å². The van der Waals surface area contributed by atoms with Gasteiger partial charge in [-0.1, -0.05) is 38.5 Å². The number of aryl methyl sites for hydroxylation is 1. The van der Waals surface area contributed by atoms with E-state index in [4.69, 9.17) is 14.2 Å². The largest absolute Gasteiger partial charge is 0.493 e. The van der Waals surface area contributed by atoms with Crippen LogP contribution in [0.2, 0.25) is 0 Å². The van der Waals surface area contributed by atoms with Gasteiger partial charge in [-0.15, -0.1) is 0 Å². The molecule has 0 spiro atoms. The number of carbonyl (C=O) groups is 1. The van der Waals surface area contributed by atoms with Crippen molar-refractivity contribution in [3.63, 3.8) is 0 Å². The maximum atomic E-state index is 12.8. The summed E-state index contributed by atoms with van der Waals surface area (Å²) in [4.78, 5) is 14.6. The van der Waals surface area contributed by atoms with Crippen LogP contribution in [-0.2, 0) is 4.79 Å². The molecule has 0 radical (unpaired) electrons. The summed E-state index contributed by atoms with van der Waals surface area (Å²) in [7, 11) is 1.61. The Bertz CT molecular complexity index is 823. The molecule has 1 heterocycles. The molecule has 0 bridgehead atoms. The van der Waals surface area contributed by atoms with Crippen molar-refractivity contribution in [2.75, 3.05) is 25.2 Å². The van der Waals surface area contributed by atoms with E-state index in [1.807, 2.05) is 49.4 Å². The van der Waals surface area contributed by atoms with E-state index in [2.05, 4.69) is 20.8 Å². The highest BCUT2D eigenvalue weighted by molar-refractivity contribution is 5.99. The van der Waals surface area contributed by atoms with Crippen molar-refractivity contribution in [1.29, 1.82) is 0 Å². The highest BCUT2D eigenvalue weighted by Crippen LogP contribution is 2.35. The maximum Gasteiger partial charge on any atom is 0.268 e. The molecule has 1 aliphatic rings. The molecule has 150 valence electrons.